The maximum Gasteiger partial charge on any atom is 0.242 e. The number of halogens is 2. The summed E-state index contributed by atoms with van der Waals surface area (Å²) < 4.78 is 26.5. The van der Waals surface area contributed by atoms with Crippen LogP contribution in [-0.4, -0.2) is 23.5 Å². The first-order valence-electron chi connectivity index (χ1n) is 7.96. The Balaban J connectivity index is 1.55. The summed E-state index contributed by atoms with van der Waals surface area (Å²) >= 11 is 0. The van der Waals surface area contributed by atoms with Crippen LogP contribution < -0.4 is 10.6 Å². The molecule has 1 aliphatic heterocycles. The molecule has 6 heteroatoms. The Kier molecular flexibility index (Phi) is 3.89. The van der Waals surface area contributed by atoms with Crippen LogP contribution >= 0.6 is 0 Å². The Hall–Kier alpha value is -2.86. The Morgan fingerprint density at radius 1 is 1.12 bits per heavy atom. The standard InChI is InChI=1S/C19H15F2N3O/c20-14-7-6-12(9-15(14)21)13-10-23-18(13)19(25)24-16-5-1-3-11-4-2-8-22-17(11)16/h1-9,13,18,23H,10H2,(H,24,25). The van der Waals surface area contributed by atoms with Crippen molar-refractivity contribution in [2.45, 2.75) is 12.0 Å². The number of pyridine rings is 1. The summed E-state index contributed by atoms with van der Waals surface area (Å²) in [6.45, 7) is 0.539. The molecule has 1 saturated heterocycles. The van der Waals surface area contributed by atoms with Gasteiger partial charge >= 0.3 is 0 Å². The van der Waals surface area contributed by atoms with E-state index >= 15 is 0 Å². The summed E-state index contributed by atoms with van der Waals surface area (Å²) in [6, 6.07) is 12.6. The Morgan fingerprint density at radius 3 is 2.72 bits per heavy atom. The van der Waals surface area contributed by atoms with Crippen LogP contribution in [0.15, 0.2) is 54.7 Å². The lowest BCUT2D eigenvalue weighted by Gasteiger charge is -2.37. The third-order valence-electron chi connectivity index (χ3n) is 4.50. The highest BCUT2D eigenvalue weighted by Gasteiger charge is 2.37. The zero-order valence-electron chi connectivity index (χ0n) is 13.2. The van der Waals surface area contributed by atoms with Gasteiger partial charge in [-0.15, -0.1) is 0 Å². The SMILES string of the molecule is O=C(Nc1cccc2cccnc12)C1NCC1c1ccc(F)c(F)c1. The van der Waals surface area contributed by atoms with Crippen LogP contribution in [0.3, 0.4) is 0 Å². The largest absolute Gasteiger partial charge is 0.323 e. The normalized spacial score (nSPS) is 19.4. The number of benzene rings is 2. The number of para-hydroxylation sites is 1. The number of anilines is 1. The molecule has 1 amide bonds. The molecular formula is C19H15F2N3O. The van der Waals surface area contributed by atoms with Crippen molar-refractivity contribution in [3.05, 3.63) is 71.9 Å². The summed E-state index contributed by atoms with van der Waals surface area (Å²) in [5.41, 5.74) is 1.94. The van der Waals surface area contributed by atoms with Gasteiger partial charge in [0.05, 0.1) is 17.2 Å². The highest BCUT2D eigenvalue weighted by Crippen LogP contribution is 2.29. The van der Waals surface area contributed by atoms with Crippen molar-refractivity contribution in [1.29, 1.82) is 0 Å². The van der Waals surface area contributed by atoms with Crippen LogP contribution in [0.1, 0.15) is 11.5 Å². The number of carbonyl (C=O) groups excluding carboxylic acids is 1. The van der Waals surface area contributed by atoms with Crippen LogP contribution in [0.25, 0.3) is 10.9 Å². The summed E-state index contributed by atoms with van der Waals surface area (Å²) in [7, 11) is 0. The molecule has 2 N–H and O–H groups in total. The van der Waals surface area contributed by atoms with E-state index in [9.17, 15) is 13.6 Å². The van der Waals surface area contributed by atoms with E-state index in [0.29, 0.717) is 23.3 Å². The number of hydrogen-bond donors (Lipinski definition) is 2. The van der Waals surface area contributed by atoms with Crippen LogP contribution in [0.2, 0.25) is 0 Å². The van der Waals surface area contributed by atoms with E-state index in [2.05, 4.69) is 15.6 Å². The molecule has 4 nitrogen and oxygen atoms in total. The first-order valence-corrected chi connectivity index (χ1v) is 7.96. The molecule has 2 heterocycles. The number of nitrogens with one attached hydrogen (secondary N) is 2. The van der Waals surface area contributed by atoms with Gasteiger partial charge in [-0.1, -0.05) is 24.3 Å². The third-order valence-corrected chi connectivity index (χ3v) is 4.50. The van der Waals surface area contributed by atoms with E-state index in [1.165, 1.54) is 6.07 Å². The van der Waals surface area contributed by atoms with Gasteiger partial charge in [0.2, 0.25) is 5.91 Å². The van der Waals surface area contributed by atoms with Crippen molar-refractivity contribution in [2.24, 2.45) is 0 Å². The Labute approximate surface area is 142 Å². The minimum Gasteiger partial charge on any atom is -0.323 e. The van der Waals surface area contributed by atoms with Gasteiger partial charge in [-0.05, 0) is 29.8 Å². The fourth-order valence-corrected chi connectivity index (χ4v) is 3.10. The van der Waals surface area contributed by atoms with Crippen molar-refractivity contribution >= 4 is 22.5 Å². The Bertz CT molecular complexity index is 955. The molecule has 126 valence electrons. The molecule has 0 bridgehead atoms. The maximum absolute atomic E-state index is 13.4. The number of aromatic nitrogens is 1. The van der Waals surface area contributed by atoms with E-state index < -0.39 is 17.7 Å². The van der Waals surface area contributed by atoms with Gasteiger partial charge in [-0.2, -0.15) is 0 Å². The van der Waals surface area contributed by atoms with Crippen LogP contribution in [0.5, 0.6) is 0 Å². The fraction of sp³-hybridized carbons (Fsp3) is 0.158. The lowest BCUT2D eigenvalue weighted by molar-refractivity contribution is -0.120. The molecule has 1 fully saturated rings. The van der Waals surface area contributed by atoms with Gasteiger partial charge in [0, 0.05) is 24.0 Å². The van der Waals surface area contributed by atoms with Gasteiger partial charge in [-0.3, -0.25) is 9.78 Å². The van der Waals surface area contributed by atoms with Gasteiger partial charge in [0.15, 0.2) is 11.6 Å². The minimum atomic E-state index is -0.901. The molecule has 0 saturated carbocycles. The van der Waals surface area contributed by atoms with Crippen molar-refractivity contribution in [3.8, 4) is 0 Å². The second-order valence-electron chi connectivity index (χ2n) is 6.04. The summed E-state index contributed by atoms with van der Waals surface area (Å²) in [5.74, 6) is -2.21. The molecule has 4 rings (SSSR count). The molecule has 0 radical (unpaired) electrons. The van der Waals surface area contributed by atoms with Crippen molar-refractivity contribution in [2.75, 3.05) is 11.9 Å². The van der Waals surface area contributed by atoms with Crippen molar-refractivity contribution in [1.82, 2.24) is 10.3 Å². The lowest BCUT2D eigenvalue weighted by atomic mass is 9.84. The molecule has 1 aliphatic rings. The second kappa shape index (κ2) is 6.22. The number of nitrogens with zero attached hydrogens (tertiary/aromatic N) is 1. The Morgan fingerprint density at radius 2 is 1.96 bits per heavy atom. The summed E-state index contributed by atoms with van der Waals surface area (Å²) in [4.78, 5) is 16.9. The van der Waals surface area contributed by atoms with Gasteiger partial charge in [-0.25, -0.2) is 8.78 Å². The lowest BCUT2D eigenvalue weighted by Crippen LogP contribution is -2.57. The predicted octanol–water partition coefficient (Wildman–Crippen LogP) is 3.21. The smallest absolute Gasteiger partial charge is 0.242 e. The van der Waals surface area contributed by atoms with E-state index in [4.69, 9.17) is 0 Å². The molecule has 3 aromatic rings. The van der Waals surface area contributed by atoms with E-state index in [1.54, 1.807) is 12.3 Å². The van der Waals surface area contributed by atoms with E-state index in [-0.39, 0.29) is 11.8 Å². The molecule has 25 heavy (non-hydrogen) atoms. The van der Waals surface area contributed by atoms with Gasteiger partial charge in [0.1, 0.15) is 0 Å². The average Bonchev–Trinajstić information content (AvgIpc) is 2.57. The van der Waals surface area contributed by atoms with E-state index in [1.807, 2.05) is 24.3 Å². The number of hydrogen-bond acceptors (Lipinski definition) is 3. The molecule has 1 aromatic heterocycles. The zero-order chi connectivity index (χ0) is 17.4. The monoisotopic (exact) mass is 339 g/mol. The second-order valence-corrected chi connectivity index (χ2v) is 6.04. The quantitative estimate of drug-likeness (QED) is 0.770. The van der Waals surface area contributed by atoms with Crippen molar-refractivity contribution in [3.63, 3.8) is 0 Å². The molecule has 2 atom stereocenters. The van der Waals surface area contributed by atoms with Crippen molar-refractivity contribution < 1.29 is 13.6 Å². The fourth-order valence-electron chi connectivity index (χ4n) is 3.10. The highest BCUT2D eigenvalue weighted by molar-refractivity contribution is 6.03. The number of carbonyl (C=O) groups is 1. The summed E-state index contributed by atoms with van der Waals surface area (Å²) in [6.07, 6.45) is 1.67. The molecular weight excluding hydrogens is 324 g/mol. The minimum absolute atomic E-state index is 0.196. The first-order chi connectivity index (χ1) is 12.1. The van der Waals surface area contributed by atoms with Crippen LogP contribution in [0.4, 0.5) is 14.5 Å². The van der Waals surface area contributed by atoms with E-state index in [0.717, 1.165) is 17.5 Å². The molecule has 0 spiro atoms. The summed E-state index contributed by atoms with van der Waals surface area (Å²) in [5, 5.41) is 6.86. The van der Waals surface area contributed by atoms with Crippen LogP contribution in [-0.2, 0) is 4.79 Å². The molecule has 2 unspecified atom stereocenters. The molecule has 0 aliphatic carbocycles. The number of fused-ring (bicyclic) bond motifs is 1. The number of rotatable bonds is 3. The van der Waals surface area contributed by atoms with Crippen LogP contribution in [0, 0.1) is 11.6 Å². The first kappa shape index (κ1) is 15.7. The number of amides is 1. The maximum atomic E-state index is 13.4. The predicted molar refractivity (Wildman–Crippen MR) is 91.3 cm³/mol. The highest BCUT2D eigenvalue weighted by atomic mass is 19.2. The topological polar surface area (TPSA) is 54.0 Å². The molecule has 2 aromatic carbocycles. The van der Waals surface area contributed by atoms with Gasteiger partial charge < -0.3 is 10.6 Å². The van der Waals surface area contributed by atoms with Gasteiger partial charge in [0.25, 0.3) is 0 Å². The average molecular weight is 339 g/mol. The zero-order valence-corrected chi connectivity index (χ0v) is 13.2. The third kappa shape index (κ3) is 2.85.